The number of piperidine rings is 1. The van der Waals surface area contributed by atoms with E-state index in [0.29, 0.717) is 5.60 Å². The third-order valence-electron chi connectivity index (χ3n) is 2.17. The summed E-state index contributed by atoms with van der Waals surface area (Å²) in [5.41, 5.74) is 0.363. The molecule has 2 aliphatic rings. The molecule has 0 radical (unpaired) electrons. The normalized spacial score (nSPS) is 33.0. The van der Waals surface area contributed by atoms with E-state index in [1.54, 1.807) is 0 Å². The van der Waals surface area contributed by atoms with Crippen molar-refractivity contribution in [3.05, 3.63) is 0 Å². The van der Waals surface area contributed by atoms with E-state index in [9.17, 15) is 0 Å². The van der Waals surface area contributed by atoms with Gasteiger partial charge in [-0.05, 0) is 12.8 Å². The van der Waals surface area contributed by atoms with Gasteiger partial charge in [-0.2, -0.15) is 0 Å². The zero-order chi connectivity index (χ0) is 6.32. The summed E-state index contributed by atoms with van der Waals surface area (Å²) in [5, 5.41) is 0. The van der Waals surface area contributed by atoms with Crippen molar-refractivity contribution in [1.82, 2.24) is 3.11 Å². The first-order valence-electron chi connectivity index (χ1n) is 3.35. The van der Waals surface area contributed by atoms with Crippen molar-refractivity contribution in [2.24, 2.45) is 0 Å². The van der Waals surface area contributed by atoms with E-state index in [2.05, 4.69) is 26.0 Å². The predicted octanol–water partition coefficient (Wildman–Crippen LogP) is 1.20. The van der Waals surface area contributed by atoms with Crippen molar-refractivity contribution < 1.29 is 4.74 Å². The summed E-state index contributed by atoms with van der Waals surface area (Å²) in [6.45, 7) is 3.44. The molecule has 0 aromatic carbocycles. The first-order valence-corrected chi connectivity index (χ1v) is 4.32. The second-order valence-electron chi connectivity index (χ2n) is 2.88. The van der Waals surface area contributed by atoms with Crippen LogP contribution in [0.25, 0.3) is 0 Å². The molecule has 0 amide bonds. The lowest BCUT2D eigenvalue weighted by atomic mass is 10.00. The van der Waals surface area contributed by atoms with E-state index in [4.69, 9.17) is 4.74 Å². The lowest BCUT2D eigenvalue weighted by Crippen LogP contribution is -2.31. The van der Waals surface area contributed by atoms with Crippen LogP contribution in [-0.2, 0) is 4.74 Å². The summed E-state index contributed by atoms with van der Waals surface area (Å²) in [5.74, 6) is 0. The molecule has 0 aromatic heterocycles. The second-order valence-corrected chi connectivity index (χ2v) is 4.25. The van der Waals surface area contributed by atoms with Gasteiger partial charge in [0.15, 0.2) is 0 Å². The number of hydrogen-bond donors (Lipinski definition) is 0. The average molecular weight is 239 g/mol. The maximum absolute atomic E-state index is 5.36. The van der Waals surface area contributed by atoms with Crippen molar-refractivity contribution in [2.45, 2.75) is 18.4 Å². The third-order valence-corrected chi connectivity index (χ3v) is 3.14. The Morgan fingerprint density at radius 2 is 1.89 bits per heavy atom. The Kier molecular flexibility index (Phi) is 1.46. The monoisotopic (exact) mass is 239 g/mol. The molecule has 2 fully saturated rings. The van der Waals surface area contributed by atoms with Gasteiger partial charge in [0, 0.05) is 36.0 Å². The molecule has 0 aromatic rings. The molecule has 2 aliphatic heterocycles. The summed E-state index contributed by atoms with van der Waals surface area (Å²) in [4.78, 5) is 0. The van der Waals surface area contributed by atoms with Gasteiger partial charge in [0.2, 0.25) is 0 Å². The molecule has 0 atom stereocenters. The minimum Gasteiger partial charge on any atom is -0.369 e. The fourth-order valence-corrected chi connectivity index (χ4v) is 1.76. The van der Waals surface area contributed by atoms with Gasteiger partial charge >= 0.3 is 0 Å². The highest BCUT2D eigenvalue weighted by Gasteiger charge is 2.46. The van der Waals surface area contributed by atoms with Crippen LogP contribution in [0.1, 0.15) is 12.8 Å². The Labute approximate surface area is 69.0 Å². The van der Waals surface area contributed by atoms with Crippen molar-refractivity contribution in [3.63, 3.8) is 0 Å². The zero-order valence-corrected chi connectivity index (χ0v) is 7.43. The van der Waals surface area contributed by atoms with E-state index in [-0.39, 0.29) is 0 Å². The Balaban J connectivity index is 1.91. The smallest absolute Gasteiger partial charge is 0.0941 e. The Morgan fingerprint density at radius 1 is 1.33 bits per heavy atom. The molecule has 52 valence electrons. The number of hydrogen-bond acceptors (Lipinski definition) is 2. The van der Waals surface area contributed by atoms with Gasteiger partial charge in [0.05, 0.1) is 12.2 Å². The highest BCUT2D eigenvalue weighted by molar-refractivity contribution is 14.1. The lowest BCUT2D eigenvalue weighted by molar-refractivity contribution is 0.217. The van der Waals surface area contributed by atoms with Gasteiger partial charge in [-0.15, -0.1) is 0 Å². The van der Waals surface area contributed by atoms with Crippen LogP contribution in [0.15, 0.2) is 0 Å². The third kappa shape index (κ3) is 1.23. The molecular formula is C6H10INO. The summed E-state index contributed by atoms with van der Waals surface area (Å²) in [6.07, 6.45) is 2.49. The molecule has 0 saturated carbocycles. The van der Waals surface area contributed by atoms with E-state index in [1.165, 1.54) is 25.9 Å². The van der Waals surface area contributed by atoms with Crippen LogP contribution in [0, 0.1) is 0 Å². The highest BCUT2D eigenvalue weighted by atomic mass is 127. The van der Waals surface area contributed by atoms with Crippen LogP contribution < -0.4 is 0 Å². The largest absolute Gasteiger partial charge is 0.369 e. The number of halogens is 1. The standard InChI is InChI=1S/C6H10INO/c7-8-3-1-6(2-4-8)5-9-6/h1-5H2. The van der Waals surface area contributed by atoms with E-state index in [0.717, 1.165) is 6.61 Å². The van der Waals surface area contributed by atoms with Crippen molar-refractivity contribution in [1.29, 1.82) is 0 Å². The van der Waals surface area contributed by atoms with Crippen molar-refractivity contribution >= 4 is 22.9 Å². The highest BCUT2D eigenvalue weighted by Crippen LogP contribution is 2.38. The zero-order valence-electron chi connectivity index (χ0n) is 5.27. The van der Waals surface area contributed by atoms with Crippen LogP contribution in [0.3, 0.4) is 0 Å². The minimum absolute atomic E-state index is 0.363. The Hall–Kier alpha value is 0.650. The molecule has 0 unspecified atom stereocenters. The number of epoxide rings is 1. The van der Waals surface area contributed by atoms with Gasteiger partial charge in [0.1, 0.15) is 0 Å². The van der Waals surface area contributed by atoms with Crippen LogP contribution >= 0.6 is 22.9 Å². The summed E-state index contributed by atoms with van der Waals surface area (Å²) in [6, 6.07) is 0. The predicted molar refractivity (Wildman–Crippen MR) is 43.5 cm³/mol. The molecule has 0 bridgehead atoms. The summed E-state index contributed by atoms with van der Waals surface area (Å²) >= 11 is 2.38. The topological polar surface area (TPSA) is 15.8 Å². The molecule has 2 saturated heterocycles. The Bertz CT molecular complexity index is 114. The van der Waals surface area contributed by atoms with Gasteiger partial charge in [0.25, 0.3) is 0 Å². The van der Waals surface area contributed by atoms with Gasteiger partial charge in [-0.1, -0.05) is 0 Å². The molecule has 2 heterocycles. The molecule has 0 N–H and O–H groups in total. The molecular weight excluding hydrogens is 229 g/mol. The molecule has 1 spiro atoms. The maximum Gasteiger partial charge on any atom is 0.0941 e. The molecule has 0 aliphatic carbocycles. The van der Waals surface area contributed by atoms with Gasteiger partial charge < -0.3 is 4.74 Å². The first kappa shape index (κ1) is 6.37. The average Bonchev–Trinajstić information content (AvgIpc) is 2.60. The van der Waals surface area contributed by atoms with Crippen LogP contribution in [0.5, 0.6) is 0 Å². The van der Waals surface area contributed by atoms with Crippen LogP contribution in [0.2, 0.25) is 0 Å². The number of nitrogens with zero attached hydrogens (tertiary/aromatic N) is 1. The lowest BCUT2D eigenvalue weighted by Gasteiger charge is -2.24. The second kappa shape index (κ2) is 2.07. The van der Waals surface area contributed by atoms with Crippen molar-refractivity contribution in [3.8, 4) is 0 Å². The van der Waals surface area contributed by atoms with Crippen LogP contribution in [-0.4, -0.2) is 28.4 Å². The molecule has 3 heteroatoms. The van der Waals surface area contributed by atoms with E-state index < -0.39 is 0 Å². The Morgan fingerprint density at radius 3 is 2.33 bits per heavy atom. The fraction of sp³-hybridized carbons (Fsp3) is 1.00. The molecule has 2 rings (SSSR count). The van der Waals surface area contributed by atoms with Crippen LogP contribution in [0.4, 0.5) is 0 Å². The van der Waals surface area contributed by atoms with E-state index in [1.807, 2.05) is 0 Å². The minimum atomic E-state index is 0.363. The van der Waals surface area contributed by atoms with Crippen molar-refractivity contribution in [2.75, 3.05) is 19.7 Å². The summed E-state index contributed by atoms with van der Waals surface area (Å²) < 4.78 is 7.69. The fourth-order valence-electron chi connectivity index (χ4n) is 1.28. The van der Waals surface area contributed by atoms with Gasteiger partial charge in [-0.3, -0.25) is 0 Å². The molecule has 9 heavy (non-hydrogen) atoms. The quantitative estimate of drug-likeness (QED) is 0.358. The van der Waals surface area contributed by atoms with Gasteiger partial charge in [-0.25, -0.2) is 3.11 Å². The number of ether oxygens (including phenoxy) is 1. The molecule has 2 nitrogen and oxygen atoms in total. The van der Waals surface area contributed by atoms with E-state index >= 15 is 0 Å². The summed E-state index contributed by atoms with van der Waals surface area (Å²) in [7, 11) is 0. The number of rotatable bonds is 0. The SMILES string of the molecule is IN1CCC2(CC1)CO2. The maximum atomic E-state index is 5.36. The first-order chi connectivity index (χ1) is 4.31.